The highest BCUT2D eigenvalue weighted by molar-refractivity contribution is 7.15. The van der Waals surface area contributed by atoms with E-state index >= 15 is 0 Å². The maximum absolute atomic E-state index is 10.8. The normalized spacial score (nSPS) is 10.1. The molecule has 5 nitrogen and oxygen atoms in total. The number of amides is 1. The number of nitrogens with zero attached hydrogens (tertiary/aromatic N) is 2. The fourth-order valence-electron chi connectivity index (χ4n) is 0.892. The van der Waals surface area contributed by atoms with Gasteiger partial charge in [-0.15, -0.1) is 10.2 Å². The number of hydrogen-bond acceptors (Lipinski definition) is 5. The van der Waals surface area contributed by atoms with Gasteiger partial charge in [0.2, 0.25) is 5.13 Å². The number of carbonyl (C=O) groups is 1. The zero-order chi connectivity index (χ0) is 10.4. The van der Waals surface area contributed by atoms with Crippen LogP contribution in [0.2, 0.25) is 0 Å². The van der Waals surface area contributed by atoms with Crippen molar-refractivity contribution in [2.45, 2.75) is 26.2 Å². The molecule has 0 saturated heterocycles. The van der Waals surface area contributed by atoms with E-state index in [2.05, 4.69) is 22.4 Å². The molecule has 1 rings (SSSR count). The summed E-state index contributed by atoms with van der Waals surface area (Å²) in [6.45, 7) is 1.58. The molecule has 0 bridgehead atoms. The molecule has 0 radical (unpaired) electrons. The first-order valence-corrected chi connectivity index (χ1v) is 5.31. The first-order chi connectivity index (χ1) is 6.76. The van der Waals surface area contributed by atoms with Crippen LogP contribution >= 0.6 is 11.3 Å². The van der Waals surface area contributed by atoms with Gasteiger partial charge in [0.25, 0.3) is 5.91 Å². The summed E-state index contributed by atoms with van der Waals surface area (Å²) in [4.78, 5) is 10.8. The number of rotatable bonds is 5. The van der Waals surface area contributed by atoms with E-state index in [9.17, 15) is 4.79 Å². The Morgan fingerprint density at radius 2 is 2.36 bits per heavy atom. The highest BCUT2D eigenvalue weighted by Gasteiger charge is 2.06. The number of carbonyl (C=O) groups excluding carboxylic acids is 1. The number of aliphatic hydroxyl groups excluding tert-OH is 1. The molecule has 1 heterocycles. The molecule has 14 heavy (non-hydrogen) atoms. The Hall–Kier alpha value is -1.01. The van der Waals surface area contributed by atoms with Crippen molar-refractivity contribution in [3.05, 3.63) is 5.01 Å². The van der Waals surface area contributed by atoms with E-state index in [-0.39, 0.29) is 0 Å². The molecule has 78 valence electrons. The molecule has 0 aromatic carbocycles. The summed E-state index contributed by atoms with van der Waals surface area (Å²) in [5.41, 5.74) is 0. The lowest BCUT2D eigenvalue weighted by Gasteiger charge is -1.94. The maximum atomic E-state index is 10.8. The minimum atomic E-state index is -0.524. The van der Waals surface area contributed by atoms with Gasteiger partial charge in [0, 0.05) is 6.42 Å². The van der Waals surface area contributed by atoms with Crippen molar-refractivity contribution in [3.63, 3.8) is 0 Å². The molecule has 0 atom stereocenters. The standard InChI is InChI=1S/C8H13N3O2S/c1-2-3-4-7-10-11-8(14-7)9-6(13)5-12/h12H,2-5H2,1H3,(H,9,11,13). The van der Waals surface area contributed by atoms with Gasteiger partial charge in [0.15, 0.2) is 0 Å². The van der Waals surface area contributed by atoms with Gasteiger partial charge in [-0.2, -0.15) is 0 Å². The molecule has 0 fully saturated rings. The van der Waals surface area contributed by atoms with Crippen LogP contribution in [0.4, 0.5) is 5.13 Å². The van der Waals surface area contributed by atoms with Crippen LogP contribution in [0.25, 0.3) is 0 Å². The van der Waals surface area contributed by atoms with E-state index in [1.165, 1.54) is 11.3 Å². The second-order valence-corrected chi connectivity index (χ2v) is 3.87. The third-order valence-corrected chi connectivity index (χ3v) is 2.50. The molecule has 0 unspecified atom stereocenters. The van der Waals surface area contributed by atoms with Crippen LogP contribution in [-0.4, -0.2) is 27.8 Å². The Balaban J connectivity index is 2.46. The van der Waals surface area contributed by atoms with Gasteiger partial charge in [-0.3, -0.25) is 10.1 Å². The van der Waals surface area contributed by atoms with Crippen LogP contribution in [0.15, 0.2) is 0 Å². The molecule has 0 aliphatic rings. The van der Waals surface area contributed by atoms with Crippen LogP contribution < -0.4 is 5.32 Å². The summed E-state index contributed by atoms with van der Waals surface area (Å²) < 4.78 is 0. The molecule has 0 saturated carbocycles. The second-order valence-electron chi connectivity index (χ2n) is 2.81. The molecule has 0 spiro atoms. The molecule has 2 N–H and O–H groups in total. The molecule has 1 aromatic heterocycles. The Bertz CT molecular complexity index is 301. The summed E-state index contributed by atoms with van der Waals surface area (Å²) >= 11 is 1.35. The number of aromatic nitrogens is 2. The van der Waals surface area contributed by atoms with Crippen LogP contribution in [-0.2, 0) is 11.2 Å². The smallest absolute Gasteiger partial charge is 0.251 e. The number of unbranched alkanes of at least 4 members (excludes halogenated alkanes) is 1. The summed E-state index contributed by atoms with van der Waals surface area (Å²) in [7, 11) is 0. The number of hydrogen-bond donors (Lipinski definition) is 2. The molecule has 0 aliphatic heterocycles. The van der Waals surface area contributed by atoms with Crippen molar-refractivity contribution in [3.8, 4) is 0 Å². The Labute approximate surface area is 86.2 Å². The van der Waals surface area contributed by atoms with Crippen molar-refractivity contribution >= 4 is 22.4 Å². The summed E-state index contributed by atoms with van der Waals surface area (Å²) in [6, 6.07) is 0. The minimum absolute atomic E-state index is 0.454. The highest BCUT2D eigenvalue weighted by Crippen LogP contribution is 2.16. The van der Waals surface area contributed by atoms with Crippen LogP contribution in [0.5, 0.6) is 0 Å². The van der Waals surface area contributed by atoms with Crippen molar-refractivity contribution in [1.29, 1.82) is 0 Å². The number of aliphatic hydroxyl groups is 1. The quantitative estimate of drug-likeness (QED) is 0.762. The van der Waals surface area contributed by atoms with Crippen LogP contribution in [0, 0.1) is 0 Å². The SMILES string of the molecule is CCCCc1nnc(NC(=O)CO)s1. The van der Waals surface area contributed by atoms with Gasteiger partial charge in [-0.1, -0.05) is 24.7 Å². The first-order valence-electron chi connectivity index (χ1n) is 4.49. The van der Waals surface area contributed by atoms with E-state index in [4.69, 9.17) is 5.11 Å². The lowest BCUT2D eigenvalue weighted by Crippen LogP contribution is -2.15. The molecular weight excluding hydrogens is 202 g/mol. The van der Waals surface area contributed by atoms with Crippen molar-refractivity contribution in [1.82, 2.24) is 10.2 Å². The van der Waals surface area contributed by atoms with Gasteiger partial charge < -0.3 is 5.11 Å². The number of anilines is 1. The summed E-state index contributed by atoms with van der Waals surface area (Å²) in [5.74, 6) is -0.455. The second kappa shape index (κ2) is 5.66. The van der Waals surface area contributed by atoms with Crippen LogP contribution in [0.3, 0.4) is 0 Å². The monoisotopic (exact) mass is 215 g/mol. The van der Waals surface area contributed by atoms with Crippen LogP contribution in [0.1, 0.15) is 24.8 Å². The predicted molar refractivity (Wildman–Crippen MR) is 54.2 cm³/mol. The lowest BCUT2D eigenvalue weighted by atomic mass is 10.3. The topological polar surface area (TPSA) is 75.1 Å². The fourth-order valence-corrected chi connectivity index (χ4v) is 1.69. The van der Waals surface area contributed by atoms with Crippen molar-refractivity contribution in [2.24, 2.45) is 0 Å². The maximum Gasteiger partial charge on any atom is 0.251 e. The lowest BCUT2D eigenvalue weighted by molar-refractivity contribution is -0.118. The number of aryl methyl sites for hydroxylation is 1. The van der Waals surface area contributed by atoms with Gasteiger partial charge in [0.05, 0.1) is 0 Å². The van der Waals surface area contributed by atoms with Crippen molar-refractivity contribution < 1.29 is 9.90 Å². The zero-order valence-electron chi connectivity index (χ0n) is 7.99. The van der Waals surface area contributed by atoms with Gasteiger partial charge in [0.1, 0.15) is 11.6 Å². The number of nitrogens with one attached hydrogen (secondary N) is 1. The average Bonchev–Trinajstić information content (AvgIpc) is 2.62. The van der Waals surface area contributed by atoms with E-state index < -0.39 is 12.5 Å². The molecule has 6 heteroatoms. The molecule has 1 aromatic rings. The van der Waals surface area contributed by atoms with E-state index in [0.29, 0.717) is 5.13 Å². The predicted octanol–water partition coefficient (Wildman–Crippen LogP) is 0.812. The largest absolute Gasteiger partial charge is 0.387 e. The molecule has 1 amide bonds. The van der Waals surface area contributed by atoms with Crippen molar-refractivity contribution in [2.75, 3.05) is 11.9 Å². The summed E-state index contributed by atoms with van der Waals surface area (Å²) in [5, 5.41) is 20.0. The average molecular weight is 215 g/mol. The van der Waals surface area contributed by atoms with Gasteiger partial charge in [-0.05, 0) is 6.42 Å². The van der Waals surface area contributed by atoms with E-state index in [1.54, 1.807) is 0 Å². The Morgan fingerprint density at radius 1 is 1.57 bits per heavy atom. The van der Waals surface area contributed by atoms with Gasteiger partial charge >= 0.3 is 0 Å². The third-order valence-electron chi connectivity index (χ3n) is 1.60. The third kappa shape index (κ3) is 3.39. The minimum Gasteiger partial charge on any atom is -0.387 e. The van der Waals surface area contributed by atoms with Gasteiger partial charge in [-0.25, -0.2) is 0 Å². The fraction of sp³-hybridized carbons (Fsp3) is 0.625. The molecular formula is C8H13N3O2S. The first kappa shape index (κ1) is 11.1. The Kier molecular flexibility index (Phi) is 4.48. The summed E-state index contributed by atoms with van der Waals surface area (Å²) in [6.07, 6.45) is 3.07. The Morgan fingerprint density at radius 3 is 3.00 bits per heavy atom. The molecule has 0 aliphatic carbocycles. The van der Waals surface area contributed by atoms with E-state index in [0.717, 1.165) is 24.3 Å². The zero-order valence-corrected chi connectivity index (χ0v) is 8.80. The highest BCUT2D eigenvalue weighted by atomic mass is 32.1. The van der Waals surface area contributed by atoms with E-state index in [1.807, 2.05) is 0 Å².